The molecule has 11 heteroatoms. The first-order chi connectivity index (χ1) is 16.6. The average Bonchev–Trinajstić information content (AvgIpc) is 3.22. The van der Waals surface area contributed by atoms with Crippen LogP contribution in [0.15, 0.2) is 24.7 Å². The number of carbonyl (C=O) groups is 1. The molecule has 182 valence electrons. The standard InChI is InChI=1S/C23H30N6O5/c1-4-33-23(30)22-27-20(14-28(22)2)26-21-16-12-18(31-3)19(13-17(16)24-15-25-21)34-9-5-6-29-7-10-32-11-8-29/h12-15H,4-11H2,1-3H3,(H,24,25,26). The summed E-state index contributed by atoms with van der Waals surface area (Å²) in [6.45, 7) is 7.07. The van der Waals surface area contributed by atoms with Crippen LogP contribution in [0, 0.1) is 0 Å². The Morgan fingerprint density at radius 1 is 1.21 bits per heavy atom. The Balaban J connectivity index is 1.48. The maximum Gasteiger partial charge on any atom is 0.374 e. The molecule has 0 radical (unpaired) electrons. The zero-order valence-corrected chi connectivity index (χ0v) is 19.7. The number of methoxy groups -OCH3 is 1. The second-order valence-electron chi connectivity index (χ2n) is 7.80. The first-order valence-corrected chi connectivity index (χ1v) is 11.3. The number of imidazole rings is 1. The normalized spacial score (nSPS) is 14.2. The molecule has 1 saturated heterocycles. The number of nitrogens with one attached hydrogen (secondary N) is 1. The fraction of sp³-hybridized carbons (Fsp3) is 0.478. The maximum absolute atomic E-state index is 12.1. The highest BCUT2D eigenvalue weighted by atomic mass is 16.5. The Hall–Kier alpha value is -3.44. The molecular weight excluding hydrogens is 440 g/mol. The van der Waals surface area contributed by atoms with Crippen molar-refractivity contribution >= 4 is 28.5 Å². The summed E-state index contributed by atoms with van der Waals surface area (Å²) < 4.78 is 23.6. The molecule has 2 aromatic heterocycles. The number of morpholine rings is 1. The van der Waals surface area contributed by atoms with Crippen LogP contribution in [0.25, 0.3) is 10.9 Å². The van der Waals surface area contributed by atoms with Crippen LogP contribution in [-0.2, 0) is 16.5 Å². The van der Waals surface area contributed by atoms with E-state index in [9.17, 15) is 4.79 Å². The van der Waals surface area contributed by atoms with Crippen molar-refractivity contribution in [3.05, 3.63) is 30.5 Å². The Morgan fingerprint density at radius 3 is 2.79 bits per heavy atom. The smallest absolute Gasteiger partial charge is 0.374 e. The number of carbonyl (C=O) groups excluding carboxylic acids is 1. The molecule has 34 heavy (non-hydrogen) atoms. The summed E-state index contributed by atoms with van der Waals surface area (Å²) in [5.74, 6) is 1.94. The molecule has 0 bridgehead atoms. The molecule has 0 unspecified atom stereocenters. The fourth-order valence-corrected chi connectivity index (χ4v) is 3.76. The number of fused-ring (bicyclic) bond motifs is 1. The highest BCUT2D eigenvalue weighted by molar-refractivity contribution is 5.93. The van der Waals surface area contributed by atoms with Crippen LogP contribution in [0.5, 0.6) is 11.5 Å². The van der Waals surface area contributed by atoms with Gasteiger partial charge >= 0.3 is 5.97 Å². The monoisotopic (exact) mass is 470 g/mol. The van der Waals surface area contributed by atoms with Gasteiger partial charge in [-0.15, -0.1) is 0 Å². The molecule has 4 rings (SSSR count). The lowest BCUT2D eigenvalue weighted by molar-refractivity contribution is 0.0357. The largest absolute Gasteiger partial charge is 0.493 e. The van der Waals surface area contributed by atoms with Crippen molar-refractivity contribution in [1.29, 1.82) is 0 Å². The molecule has 0 aliphatic carbocycles. The van der Waals surface area contributed by atoms with Crippen LogP contribution in [0.4, 0.5) is 11.6 Å². The van der Waals surface area contributed by atoms with Gasteiger partial charge in [0, 0.05) is 44.3 Å². The minimum atomic E-state index is -0.484. The number of aromatic nitrogens is 4. The third-order valence-electron chi connectivity index (χ3n) is 5.48. The third-order valence-corrected chi connectivity index (χ3v) is 5.48. The van der Waals surface area contributed by atoms with Crippen LogP contribution >= 0.6 is 0 Å². The molecule has 0 saturated carbocycles. The number of rotatable bonds is 10. The Bertz CT molecular complexity index is 1130. The molecule has 3 heterocycles. The van der Waals surface area contributed by atoms with E-state index in [1.54, 1.807) is 31.8 Å². The summed E-state index contributed by atoms with van der Waals surface area (Å²) in [6, 6.07) is 3.68. The molecule has 3 aromatic rings. The molecule has 0 amide bonds. The summed E-state index contributed by atoms with van der Waals surface area (Å²) >= 11 is 0. The highest BCUT2D eigenvalue weighted by Crippen LogP contribution is 2.34. The van der Waals surface area contributed by atoms with Crippen molar-refractivity contribution in [3.63, 3.8) is 0 Å². The van der Waals surface area contributed by atoms with Gasteiger partial charge in [0.25, 0.3) is 0 Å². The van der Waals surface area contributed by atoms with E-state index in [2.05, 4.69) is 25.2 Å². The van der Waals surface area contributed by atoms with Crippen LogP contribution in [-0.4, -0.2) is 83.6 Å². The fourth-order valence-electron chi connectivity index (χ4n) is 3.76. The van der Waals surface area contributed by atoms with Crippen LogP contribution < -0.4 is 14.8 Å². The van der Waals surface area contributed by atoms with E-state index < -0.39 is 5.97 Å². The summed E-state index contributed by atoms with van der Waals surface area (Å²) in [6.07, 6.45) is 4.07. The highest BCUT2D eigenvalue weighted by Gasteiger charge is 2.17. The number of esters is 1. The number of hydrogen-bond acceptors (Lipinski definition) is 10. The van der Waals surface area contributed by atoms with Crippen LogP contribution in [0.1, 0.15) is 24.0 Å². The molecule has 1 N–H and O–H groups in total. The van der Waals surface area contributed by atoms with Crippen molar-refractivity contribution in [2.24, 2.45) is 7.05 Å². The number of ether oxygens (including phenoxy) is 4. The zero-order chi connectivity index (χ0) is 23.9. The van der Waals surface area contributed by atoms with Gasteiger partial charge in [-0.05, 0) is 19.4 Å². The van der Waals surface area contributed by atoms with Gasteiger partial charge in [0.1, 0.15) is 12.1 Å². The van der Waals surface area contributed by atoms with E-state index >= 15 is 0 Å². The van der Waals surface area contributed by atoms with Gasteiger partial charge in [-0.2, -0.15) is 0 Å². The van der Waals surface area contributed by atoms with Crippen molar-refractivity contribution < 1.29 is 23.7 Å². The molecule has 0 atom stereocenters. The Kier molecular flexibility index (Phi) is 7.76. The lowest BCUT2D eigenvalue weighted by Gasteiger charge is -2.26. The summed E-state index contributed by atoms with van der Waals surface area (Å²) in [4.78, 5) is 27.5. The number of aryl methyl sites for hydroxylation is 1. The number of anilines is 2. The van der Waals surface area contributed by atoms with Gasteiger partial charge < -0.3 is 28.8 Å². The van der Waals surface area contributed by atoms with E-state index in [0.29, 0.717) is 35.3 Å². The lowest BCUT2D eigenvalue weighted by Crippen LogP contribution is -2.37. The summed E-state index contributed by atoms with van der Waals surface area (Å²) in [5.41, 5.74) is 0.697. The number of hydrogen-bond donors (Lipinski definition) is 1. The lowest BCUT2D eigenvalue weighted by atomic mass is 10.2. The molecule has 1 aromatic carbocycles. The SMILES string of the molecule is CCOC(=O)c1nc(Nc2ncnc3cc(OCCCN4CCOCC4)c(OC)cc23)cn1C. The first kappa shape index (κ1) is 23.7. The average molecular weight is 471 g/mol. The van der Waals surface area contributed by atoms with Gasteiger partial charge in [-0.3, -0.25) is 4.90 Å². The van der Waals surface area contributed by atoms with Crippen LogP contribution in [0.3, 0.4) is 0 Å². The number of nitrogens with zero attached hydrogens (tertiary/aromatic N) is 5. The predicted molar refractivity (Wildman–Crippen MR) is 126 cm³/mol. The topological polar surface area (TPSA) is 113 Å². The quantitative estimate of drug-likeness (QED) is 0.350. The minimum absolute atomic E-state index is 0.202. The zero-order valence-electron chi connectivity index (χ0n) is 19.7. The molecular formula is C23H30N6O5. The van der Waals surface area contributed by atoms with Gasteiger partial charge in [-0.25, -0.2) is 19.7 Å². The maximum atomic E-state index is 12.1. The minimum Gasteiger partial charge on any atom is -0.493 e. The third kappa shape index (κ3) is 5.54. The van der Waals surface area contributed by atoms with Gasteiger partial charge in [-0.1, -0.05) is 0 Å². The van der Waals surface area contributed by atoms with Crippen molar-refractivity contribution in [1.82, 2.24) is 24.4 Å². The van der Waals surface area contributed by atoms with Gasteiger partial charge in [0.2, 0.25) is 5.82 Å². The molecule has 0 spiro atoms. The summed E-state index contributed by atoms with van der Waals surface area (Å²) in [5, 5.41) is 3.90. The Morgan fingerprint density at radius 2 is 2.03 bits per heavy atom. The molecule has 1 aliphatic heterocycles. The molecule has 1 fully saturated rings. The second kappa shape index (κ2) is 11.1. The second-order valence-corrected chi connectivity index (χ2v) is 7.80. The van der Waals surface area contributed by atoms with Gasteiger partial charge in [0.15, 0.2) is 17.3 Å². The van der Waals surface area contributed by atoms with E-state index in [4.69, 9.17) is 18.9 Å². The number of benzene rings is 1. The van der Waals surface area contributed by atoms with E-state index in [-0.39, 0.29) is 12.4 Å². The first-order valence-electron chi connectivity index (χ1n) is 11.3. The molecule has 1 aliphatic rings. The van der Waals surface area contributed by atoms with Crippen molar-refractivity contribution in [2.75, 3.05) is 58.5 Å². The van der Waals surface area contributed by atoms with Crippen molar-refractivity contribution in [2.45, 2.75) is 13.3 Å². The van der Waals surface area contributed by atoms with E-state index in [1.165, 1.54) is 6.33 Å². The van der Waals surface area contributed by atoms with E-state index in [0.717, 1.165) is 44.7 Å². The molecule has 11 nitrogen and oxygen atoms in total. The van der Waals surface area contributed by atoms with Crippen LogP contribution in [0.2, 0.25) is 0 Å². The van der Waals surface area contributed by atoms with Crippen molar-refractivity contribution in [3.8, 4) is 11.5 Å². The predicted octanol–water partition coefficient (Wildman–Crippen LogP) is 2.39. The Labute approximate surface area is 198 Å². The summed E-state index contributed by atoms with van der Waals surface area (Å²) in [7, 11) is 3.33. The van der Waals surface area contributed by atoms with Gasteiger partial charge in [0.05, 0.1) is 39.1 Å². The van der Waals surface area contributed by atoms with E-state index in [1.807, 2.05) is 12.1 Å².